The second kappa shape index (κ2) is 7.25. The monoisotopic (exact) mass is 206 g/mol. The summed E-state index contributed by atoms with van der Waals surface area (Å²) >= 11 is 0. The number of hydrogen-bond donors (Lipinski definition) is 5. The molecule has 0 aromatic heterocycles. The Hall–Kier alpha value is -1.18. The fourth-order valence-corrected chi connectivity index (χ4v) is 0.884. The lowest BCUT2D eigenvalue weighted by Crippen LogP contribution is -2.41. The van der Waals surface area contributed by atoms with Crippen LogP contribution in [0, 0.1) is 0 Å². The Morgan fingerprint density at radius 1 is 1.36 bits per heavy atom. The van der Waals surface area contributed by atoms with Crippen molar-refractivity contribution in [1.29, 1.82) is 0 Å². The van der Waals surface area contributed by atoms with Crippen molar-refractivity contribution in [3.8, 4) is 0 Å². The van der Waals surface area contributed by atoms with E-state index in [1.807, 2.05) is 5.48 Å². The van der Waals surface area contributed by atoms with Gasteiger partial charge in [0.25, 0.3) is 0 Å². The number of aliphatic hydroxyl groups is 1. The zero-order valence-corrected chi connectivity index (χ0v) is 7.56. The smallest absolute Gasteiger partial charge is 0.394 e. The summed E-state index contributed by atoms with van der Waals surface area (Å²) in [5, 5.41) is 27.4. The summed E-state index contributed by atoms with van der Waals surface area (Å²) in [7, 11) is 0. The number of carbonyl (C=O) groups excluding carboxylic acids is 1. The number of nitrogens with one attached hydrogen (secondary N) is 2. The van der Waals surface area contributed by atoms with E-state index in [0.717, 1.165) is 0 Å². The molecule has 1 amide bonds. The Labute approximate surface area is 80.7 Å². The molecule has 0 radical (unpaired) electrons. The Balaban J connectivity index is 3.78. The van der Waals surface area contributed by atoms with Crippen molar-refractivity contribution >= 4 is 11.9 Å². The zero-order chi connectivity index (χ0) is 11.0. The molecule has 14 heavy (non-hydrogen) atoms. The van der Waals surface area contributed by atoms with Crippen LogP contribution in [0.1, 0.15) is 12.8 Å². The molecule has 0 aliphatic rings. The van der Waals surface area contributed by atoms with Gasteiger partial charge in [-0.1, -0.05) is 0 Å². The molecule has 0 heterocycles. The molecule has 82 valence electrons. The van der Waals surface area contributed by atoms with Crippen molar-refractivity contribution < 1.29 is 25.0 Å². The average molecular weight is 206 g/mol. The van der Waals surface area contributed by atoms with Crippen LogP contribution in [-0.2, 0) is 9.59 Å². The number of carboxylic acids is 1. The first-order valence-corrected chi connectivity index (χ1v) is 4.13. The van der Waals surface area contributed by atoms with Gasteiger partial charge in [0.05, 0.1) is 12.6 Å². The maximum atomic E-state index is 10.7. The van der Waals surface area contributed by atoms with Crippen molar-refractivity contribution in [2.24, 2.45) is 0 Å². The highest BCUT2D eigenvalue weighted by Gasteiger charge is 2.16. The van der Waals surface area contributed by atoms with Crippen LogP contribution in [0.25, 0.3) is 0 Å². The highest BCUT2D eigenvalue weighted by Crippen LogP contribution is 1.95. The first-order valence-electron chi connectivity index (χ1n) is 4.13. The van der Waals surface area contributed by atoms with Gasteiger partial charge in [0.1, 0.15) is 0 Å². The second-order valence-corrected chi connectivity index (χ2v) is 2.71. The predicted octanol–water partition coefficient (Wildman–Crippen LogP) is -1.69. The summed E-state index contributed by atoms with van der Waals surface area (Å²) in [6.45, 7) is -0.0100. The van der Waals surface area contributed by atoms with Crippen LogP contribution in [-0.4, -0.2) is 46.5 Å². The van der Waals surface area contributed by atoms with Crippen molar-refractivity contribution in [3.63, 3.8) is 0 Å². The van der Waals surface area contributed by atoms with Gasteiger partial charge in [-0.25, -0.2) is 10.3 Å². The molecule has 1 atom stereocenters. The molecule has 7 heteroatoms. The van der Waals surface area contributed by atoms with Gasteiger partial charge >= 0.3 is 11.9 Å². The predicted molar refractivity (Wildman–Crippen MR) is 45.7 cm³/mol. The minimum Gasteiger partial charge on any atom is -0.474 e. The van der Waals surface area contributed by atoms with Crippen LogP contribution in [0.3, 0.4) is 0 Å². The van der Waals surface area contributed by atoms with E-state index in [4.69, 9.17) is 15.4 Å². The fourth-order valence-electron chi connectivity index (χ4n) is 0.884. The SMILES string of the molecule is O=C(O)C(=O)NC(CO)CCCNO. The van der Waals surface area contributed by atoms with Crippen LogP contribution in [0.4, 0.5) is 0 Å². The number of rotatable bonds is 6. The van der Waals surface area contributed by atoms with Crippen LogP contribution < -0.4 is 10.8 Å². The lowest BCUT2D eigenvalue weighted by molar-refractivity contribution is -0.150. The molecule has 0 aliphatic heterocycles. The number of amides is 1. The molecule has 0 saturated heterocycles. The quantitative estimate of drug-likeness (QED) is 0.201. The first kappa shape index (κ1) is 12.8. The molecule has 0 rings (SSSR count). The van der Waals surface area contributed by atoms with E-state index in [0.29, 0.717) is 19.4 Å². The van der Waals surface area contributed by atoms with E-state index in [1.165, 1.54) is 0 Å². The number of hydroxylamine groups is 1. The largest absolute Gasteiger partial charge is 0.474 e. The van der Waals surface area contributed by atoms with E-state index in [-0.39, 0.29) is 6.61 Å². The third-order valence-corrected chi connectivity index (χ3v) is 1.59. The third kappa shape index (κ3) is 5.46. The maximum absolute atomic E-state index is 10.7. The molecule has 5 N–H and O–H groups in total. The molecule has 0 aromatic carbocycles. The van der Waals surface area contributed by atoms with Gasteiger partial charge in [-0.3, -0.25) is 4.79 Å². The van der Waals surface area contributed by atoms with E-state index in [2.05, 4.69) is 5.32 Å². The Morgan fingerprint density at radius 3 is 2.43 bits per heavy atom. The highest BCUT2D eigenvalue weighted by molar-refractivity contribution is 6.31. The van der Waals surface area contributed by atoms with Crippen LogP contribution in [0.15, 0.2) is 0 Å². The van der Waals surface area contributed by atoms with Crippen molar-refractivity contribution in [2.45, 2.75) is 18.9 Å². The van der Waals surface area contributed by atoms with E-state index in [9.17, 15) is 9.59 Å². The molecular formula is C7H14N2O5. The minimum absolute atomic E-state index is 0.319. The number of hydrogen-bond acceptors (Lipinski definition) is 5. The average Bonchev–Trinajstić information content (AvgIpc) is 2.16. The molecule has 0 aromatic rings. The summed E-state index contributed by atoms with van der Waals surface area (Å²) in [6, 6.07) is -0.591. The Bertz CT molecular complexity index is 197. The number of carbonyl (C=O) groups is 2. The molecule has 0 fully saturated rings. The number of carboxylic acid groups (broad SMARTS) is 1. The normalized spacial score (nSPS) is 12.1. The van der Waals surface area contributed by atoms with E-state index < -0.39 is 17.9 Å². The summed E-state index contributed by atoms with van der Waals surface area (Å²) in [5.74, 6) is -2.72. The first-order chi connectivity index (χ1) is 6.61. The zero-order valence-electron chi connectivity index (χ0n) is 7.56. The molecule has 0 aliphatic carbocycles. The van der Waals surface area contributed by atoms with E-state index in [1.54, 1.807) is 0 Å². The van der Waals surface area contributed by atoms with Gasteiger partial charge in [-0.2, -0.15) is 0 Å². The third-order valence-electron chi connectivity index (χ3n) is 1.59. The lowest BCUT2D eigenvalue weighted by atomic mass is 10.1. The van der Waals surface area contributed by atoms with Crippen molar-refractivity contribution in [2.75, 3.05) is 13.2 Å². The summed E-state index contributed by atoms with van der Waals surface area (Å²) in [6.07, 6.45) is 0.907. The van der Waals surface area contributed by atoms with Crippen molar-refractivity contribution in [1.82, 2.24) is 10.8 Å². The minimum atomic E-state index is -1.58. The van der Waals surface area contributed by atoms with Gasteiger partial charge in [0.15, 0.2) is 0 Å². The summed E-state index contributed by atoms with van der Waals surface area (Å²) in [5.41, 5.74) is 1.91. The molecule has 0 bridgehead atoms. The lowest BCUT2D eigenvalue weighted by Gasteiger charge is -2.13. The van der Waals surface area contributed by atoms with Crippen LogP contribution in [0.2, 0.25) is 0 Å². The summed E-state index contributed by atoms with van der Waals surface area (Å²) in [4.78, 5) is 20.8. The van der Waals surface area contributed by atoms with Crippen molar-refractivity contribution in [3.05, 3.63) is 0 Å². The highest BCUT2D eigenvalue weighted by atomic mass is 16.5. The van der Waals surface area contributed by atoms with Crippen LogP contribution >= 0.6 is 0 Å². The topological polar surface area (TPSA) is 119 Å². The molecule has 0 spiro atoms. The standard InChI is InChI=1S/C7H14N2O5/c10-4-5(2-1-3-8-14)9-6(11)7(12)13/h5,8,10,14H,1-4H2,(H,9,11)(H,12,13). The molecule has 7 nitrogen and oxygen atoms in total. The Kier molecular flexibility index (Phi) is 6.63. The van der Waals surface area contributed by atoms with Gasteiger partial charge in [0.2, 0.25) is 0 Å². The van der Waals surface area contributed by atoms with Crippen LogP contribution in [0.5, 0.6) is 0 Å². The second-order valence-electron chi connectivity index (χ2n) is 2.71. The number of aliphatic hydroxyl groups excluding tert-OH is 1. The molecular weight excluding hydrogens is 192 g/mol. The van der Waals surface area contributed by atoms with E-state index >= 15 is 0 Å². The van der Waals surface area contributed by atoms with Gasteiger partial charge < -0.3 is 20.7 Å². The molecule has 0 saturated carbocycles. The van der Waals surface area contributed by atoms with Gasteiger partial charge in [-0.05, 0) is 12.8 Å². The maximum Gasteiger partial charge on any atom is 0.394 e. The number of aliphatic carboxylic acids is 1. The fraction of sp³-hybridized carbons (Fsp3) is 0.714. The van der Waals surface area contributed by atoms with Gasteiger partial charge in [0, 0.05) is 6.54 Å². The molecule has 1 unspecified atom stereocenters. The Morgan fingerprint density at radius 2 is 2.00 bits per heavy atom. The summed E-state index contributed by atoms with van der Waals surface area (Å²) < 4.78 is 0. The van der Waals surface area contributed by atoms with Gasteiger partial charge in [-0.15, -0.1) is 0 Å².